The Morgan fingerprint density at radius 1 is 0.893 bits per heavy atom. The summed E-state index contributed by atoms with van der Waals surface area (Å²) in [6, 6.07) is 13.5. The molecule has 0 saturated heterocycles. The smallest absolute Gasteiger partial charge is 0.241 e. The third-order valence-electron chi connectivity index (χ3n) is 3.85. The van der Waals surface area contributed by atoms with Gasteiger partial charge in [0.2, 0.25) is 21.8 Å². The standard InChI is InChI=1S/C19H23N3O5S/c1-14-3-9-17(10-4-14)28(25,26)22-13-19(24)21-12-18(23)20-11-15-5-7-16(27-2)8-6-15/h3-10,22H,11-13H2,1-2H3,(H,20,23)(H,21,24). The summed E-state index contributed by atoms with van der Waals surface area (Å²) in [5, 5.41) is 5.03. The van der Waals surface area contributed by atoms with Crippen molar-refractivity contribution in [1.82, 2.24) is 15.4 Å². The molecule has 0 bridgehead atoms. The number of ether oxygens (including phenoxy) is 1. The normalized spacial score (nSPS) is 10.9. The van der Waals surface area contributed by atoms with Gasteiger partial charge >= 0.3 is 0 Å². The van der Waals surface area contributed by atoms with Gasteiger partial charge in [0.1, 0.15) is 5.75 Å². The molecule has 0 heterocycles. The van der Waals surface area contributed by atoms with Crippen molar-refractivity contribution < 1.29 is 22.7 Å². The molecule has 2 aromatic carbocycles. The number of carbonyl (C=O) groups is 2. The number of rotatable bonds is 9. The number of methoxy groups -OCH3 is 1. The van der Waals surface area contributed by atoms with Crippen LogP contribution < -0.4 is 20.1 Å². The summed E-state index contributed by atoms with van der Waals surface area (Å²) in [6.45, 7) is 1.44. The van der Waals surface area contributed by atoms with Gasteiger partial charge in [-0.2, -0.15) is 0 Å². The second-order valence-corrected chi connectivity index (χ2v) is 7.81. The van der Waals surface area contributed by atoms with Gasteiger partial charge in [0.15, 0.2) is 0 Å². The van der Waals surface area contributed by atoms with Crippen molar-refractivity contribution >= 4 is 21.8 Å². The van der Waals surface area contributed by atoms with Gasteiger partial charge in [-0.25, -0.2) is 13.1 Å². The van der Waals surface area contributed by atoms with Crippen LogP contribution in [0.15, 0.2) is 53.4 Å². The topological polar surface area (TPSA) is 114 Å². The van der Waals surface area contributed by atoms with Crippen LogP contribution in [0, 0.1) is 6.92 Å². The molecule has 2 amide bonds. The molecule has 3 N–H and O–H groups in total. The molecule has 8 nitrogen and oxygen atoms in total. The van der Waals surface area contributed by atoms with Crippen LogP contribution in [0.4, 0.5) is 0 Å². The number of hydrogen-bond donors (Lipinski definition) is 3. The molecule has 0 spiro atoms. The number of hydrogen-bond acceptors (Lipinski definition) is 5. The van der Waals surface area contributed by atoms with E-state index in [1.54, 1.807) is 31.4 Å². The van der Waals surface area contributed by atoms with Crippen LogP contribution in [0.5, 0.6) is 5.75 Å². The first-order valence-electron chi connectivity index (χ1n) is 8.53. The molecule has 0 aliphatic carbocycles. The molecular formula is C19H23N3O5S. The van der Waals surface area contributed by atoms with Crippen molar-refractivity contribution in [2.75, 3.05) is 20.2 Å². The fourth-order valence-electron chi connectivity index (χ4n) is 2.21. The van der Waals surface area contributed by atoms with Gasteiger partial charge in [-0.3, -0.25) is 9.59 Å². The summed E-state index contributed by atoms with van der Waals surface area (Å²) in [5.41, 5.74) is 1.81. The Bertz CT molecular complexity index is 910. The van der Waals surface area contributed by atoms with E-state index in [2.05, 4.69) is 15.4 Å². The molecule has 150 valence electrons. The Hall–Kier alpha value is -2.91. The first-order chi connectivity index (χ1) is 13.3. The molecule has 0 unspecified atom stereocenters. The summed E-state index contributed by atoms with van der Waals surface area (Å²) in [7, 11) is -2.21. The summed E-state index contributed by atoms with van der Waals surface area (Å²) in [4.78, 5) is 23.7. The van der Waals surface area contributed by atoms with E-state index in [9.17, 15) is 18.0 Å². The lowest BCUT2D eigenvalue weighted by Gasteiger charge is -2.09. The minimum Gasteiger partial charge on any atom is -0.497 e. The maximum atomic E-state index is 12.1. The molecule has 0 saturated carbocycles. The largest absolute Gasteiger partial charge is 0.497 e. The van der Waals surface area contributed by atoms with E-state index in [1.165, 1.54) is 12.1 Å². The maximum absolute atomic E-state index is 12.1. The maximum Gasteiger partial charge on any atom is 0.241 e. The number of nitrogens with one attached hydrogen (secondary N) is 3. The van der Waals surface area contributed by atoms with Crippen molar-refractivity contribution in [3.8, 4) is 5.75 Å². The van der Waals surface area contributed by atoms with Crippen molar-refractivity contribution in [2.45, 2.75) is 18.4 Å². The fraction of sp³-hybridized carbons (Fsp3) is 0.263. The van der Waals surface area contributed by atoms with Crippen molar-refractivity contribution in [3.05, 3.63) is 59.7 Å². The SMILES string of the molecule is COc1ccc(CNC(=O)CNC(=O)CNS(=O)(=O)c2ccc(C)cc2)cc1. The molecule has 0 radical (unpaired) electrons. The molecule has 2 rings (SSSR count). The lowest BCUT2D eigenvalue weighted by molar-refractivity contribution is -0.125. The molecule has 0 aliphatic rings. The summed E-state index contributed by atoms with van der Waals surface area (Å²) < 4.78 is 31.5. The lowest BCUT2D eigenvalue weighted by atomic mass is 10.2. The van der Waals surface area contributed by atoms with Gasteiger partial charge in [0, 0.05) is 6.54 Å². The minimum atomic E-state index is -3.78. The first-order valence-corrected chi connectivity index (χ1v) is 10.0. The number of benzene rings is 2. The van der Waals surface area contributed by atoms with Crippen molar-refractivity contribution in [2.24, 2.45) is 0 Å². The summed E-state index contributed by atoms with van der Waals surface area (Å²) in [6.07, 6.45) is 0. The molecule has 2 aromatic rings. The van der Waals surface area contributed by atoms with Gasteiger partial charge in [-0.05, 0) is 36.8 Å². The quantitative estimate of drug-likeness (QED) is 0.569. The van der Waals surface area contributed by atoms with Crippen LogP contribution in [0.1, 0.15) is 11.1 Å². The Morgan fingerprint density at radius 2 is 1.50 bits per heavy atom. The number of aryl methyl sites for hydroxylation is 1. The molecule has 9 heteroatoms. The highest BCUT2D eigenvalue weighted by molar-refractivity contribution is 7.89. The number of carbonyl (C=O) groups excluding carboxylic acids is 2. The van der Waals surface area contributed by atoms with Crippen molar-refractivity contribution in [3.63, 3.8) is 0 Å². The van der Waals surface area contributed by atoms with E-state index in [0.29, 0.717) is 6.54 Å². The van der Waals surface area contributed by atoms with E-state index >= 15 is 0 Å². The number of sulfonamides is 1. The second-order valence-electron chi connectivity index (χ2n) is 6.04. The molecular weight excluding hydrogens is 382 g/mol. The van der Waals surface area contributed by atoms with E-state index < -0.39 is 22.5 Å². The van der Waals surface area contributed by atoms with E-state index in [4.69, 9.17) is 4.74 Å². The zero-order valence-electron chi connectivity index (χ0n) is 15.7. The van der Waals surface area contributed by atoms with Crippen LogP contribution in [0.25, 0.3) is 0 Å². The Morgan fingerprint density at radius 3 is 2.11 bits per heavy atom. The Balaban J connectivity index is 1.72. The highest BCUT2D eigenvalue weighted by Gasteiger charge is 2.15. The van der Waals surface area contributed by atoms with Gasteiger partial charge in [-0.1, -0.05) is 29.8 Å². The van der Waals surface area contributed by atoms with Crippen LogP contribution in [0.3, 0.4) is 0 Å². The average molecular weight is 405 g/mol. The van der Waals surface area contributed by atoms with Crippen molar-refractivity contribution in [1.29, 1.82) is 0 Å². The molecule has 28 heavy (non-hydrogen) atoms. The minimum absolute atomic E-state index is 0.0723. The predicted octanol–water partition coefficient (Wildman–Crippen LogP) is 0.715. The summed E-state index contributed by atoms with van der Waals surface area (Å²) in [5.74, 6) is -0.267. The van der Waals surface area contributed by atoms with Gasteiger partial charge in [0.25, 0.3) is 0 Å². The third kappa shape index (κ3) is 6.67. The summed E-state index contributed by atoms with van der Waals surface area (Å²) >= 11 is 0. The first kappa shape index (κ1) is 21.4. The molecule has 0 aromatic heterocycles. The molecule has 0 fully saturated rings. The van der Waals surface area contributed by atoms with Crippen LogP contribution >= 0.6 is 0 Å². The van der Waals surface area contributed by atoms with E-state index in [1.807, 2.05) is 19.1 Å². The third-order valence-corrected chi connectivity index (χ3v) is 5.27. The molecule has 0 atom stereocenters. The van der Waals surface area contributed by atoms with Crippen LogP contribution in [-0.2, 0) is 26.2 Å². The van der Waals surface area contributed by atoms with E-state index in [0.717, 1.165) is 16.9 Å². The van der Waals surface area contributed by atoms with Crippen LogP contribution in [0.2, 0.25) is 0 Å². The second kappa shape index (κ2) is 9.86. The Labute approximate surface area is 164 Å². The van der Waals surface area contributed by atoms with Crippen LogP contribution in [-0.4, -0.2) is 40.4 Å². The van der Waals surface area contributed by atoms with Gasteiger partial charge in [-0.15, -0.1) is 0 Å². The zero-order chi connectivity index (χ0) is 20.6. The Kier molecular flexibility index (Phi) is 7.53. The highest BCUT2D eigenvalue weighted by Crippen LogP contribution is 2.11. The van der Waals surface area contributed by atoms with Gasteiger partial charge in [0.05, 0.1) is 25.1 Å². The van der Waals surface area contributed by atoms with E-state index in [-0.39, 0.29) is 17.3 Å². The number of amides is 2. The monoisotopic (exact) mass is 405 g/mol. The predicted molar refractivity (Wildman–Crippen MR) is 104 cm³/mol. The van der Waals surface area contributed by atoms with Gasteiger partial charge < -0.3 is 15.4 Å². The molecule has 0 aliphatic heterocycles. The lowest BCUT2D eigenvalue weighted by Crippen LogP contribution is -2.41. The average Bonchev–Trinajstić information content (AvgIpc) is 2.70. The highest BCUT2D eigenvalue weighted by atomic mass is 32.2. The zero-order valence-corrected chi connectivity index (χ0v) is 16.5. The fourth-order valence-corrected chi connectivity index (χ4v) is 3.19.